The maximum absolute atomic E-state index is 13.8. The number of rotatable bonds is 4. The number of nitrogens with two attached hydrogens (primary N) is 1. The molecule has 0 aliphatic rings. The molecule has 1 heterocycles. The van der Waals surface area contributed by atoms with E-state index in [2.05, 4.69) is 9.72 Å². The molecule has 2 N–H and O–H groups in total. The zero-order valence-electron chi connectivity index (χ0n) is 12.0. The van der Waals surface area contributed by atoms with Gasteiger partial charge in [-0.2, -0.15) is 0 Å². The lowest BCUT2D eigenvalue weighted by Crippen LogP contribution is -2.08. The van der Waals surface area contributed by atoms with Crippen LogP contribution in [0.15, 0.2) is 18.2 Å². The molecule has 0 spiro atoms. The van der Waals surface area contributed by atoms with Gasteiger partial charge in [0.05, 0.1) is 19.9 Å². The molecule has 6 nitrogen and oxygen atoms in total. The van der Waals surface area contributed by atoms with Gasteiger partial charge in [0.15, 0.2) is 17.3 Å². The highest BCUT2D eigenvalue weighted by Gasteiger charge is 2.21. The van der Waals surface area contributed by atoms with Gasteiger partial charge in [-0.25, -0.2) is 14.2 Å². The van der Waals surface area contributed by atoms with Crippen molar-refractivity contribution < 1.29 is 18.7 Å². The number of aromatic nitrogens is 2. The first-order chi connectivity index (χ1) is 10.0. The van der Waals surface area contributed by atoms with Crippen molar-refractivity contribution in [3.05, 3.63) is 35.5 Å². The first-order valence-electron chi connectivity index (χ1n) is 6.32. The normalized spacial score (nSPS) is 10.5. The van der Waals surface area contributed by atoms with Crippen LogP contribution in [0.1, 0.15) is 23.2 Å². The average molecular weight is 293 g/mol. The minimum absolute atomic E-state index is 0.0191. The van der Waals surface area contributed by atoms with Crippen molar-refractivity contribution in [3.63, 3.8) is 0 Å². The van der Waals surface area contributed by atoms with Gasteiger partial charge in [-0.1, -0.05) is 6.92 Å². The number of ether oxygens (including phenoxy) is 2. The number of nitrogen functional groups attached to an aromatic ring is 1. The molecule has 0 fully saturated rings. The van der Waals surface area contributed by atoms with Crippen molar-refractivity contribution in [3.8, 4) is 11.4 Å². The Morgan fingerprint density at radius 3 is 2.67 bits per heavy atom. The van der Waals surface area contributed by atoms with E-state index in [1.54, 1.807) is 6.07 Å². The highest BCUT2D eigenvalue weighted by Crippen LogP contribution is 2.25. The summed E-state index contributed by atoms with van der Waals surface area (Å²) in [6, 6.07) is 4.40. The van der Waals surface area contributed by atoms with Gasteiger partial charge in [0.25, 0.3) is 0 Å². The Morgan fingerprint density at radius 1 is 1.43 bits per heavy atom. The van der Waals surface area contributed by atoms with E-state index in [1.807, 2.05) is 6.92 Å². The lowest BCUT2D eigenvalue weighted by Gasteiger charge is -2.10. The van der Waals surface area contributed by atoms with Gasteiger partial charge < -0.3 is 15.2 Å². The Labute approximate surface area is 121 Å². The third-order valence-electron chi connectivity index (χ3n) is 3.07. The Kier molecular flexibility index (Phi) is 4.11. The maximum atomic E-state index is 13.8. The van der Waals surface area contributed by atoms with Crippen LogP contribution in [0.25, 0.3) is 5.69 Å². The lowest BCUT2D eigenvalue weighted by atomic mass is 10.2. The summed E-state index contributed by atoms with van der Waals surface area (Å²) >= 11 is 0. The standard InChI is InChI=1S/C14H16FN3O3/c1-4-11-17-12(14(19)21-3)13(16)18(11)8-5-6-10(20-2)9(15)7-8/h5-7H,4,16H2,1-3H3. The number of halogens is 1. The Morgan fingerprint density at radius 2 is 2.14 bits per heavy atom. The van der Waals surface area contributed by atoms with Crippen LogP contribution in [0.4, 0.5) is 10.2 Å². The zero-order valence-corrected chi connectivity index (χ0v) is 12.0. The number of hydrogen-bond acceptors (Lipinski definition) is 5. The van der Waals surface area contributed by atoms with Crippen LogP contribution in [0, 0.1) is 5.82 Å². The number of carbonyl (C=O) groups excluding carboxylic acids is 1. The third-order valence-corrected chi connectivity index (χ3v) is 3.07. The number of benzene rings is 1. The molecule has 21 heavy (non-hydrogen) atoms. The molecular formula is C14H16FN3O3. The monoisotopic (exact) mass is 293 g/mol. The predicted molar refractivity (Wildman–Crippen MR) is 75.2 cm³/mol. The molecule has 0 atom stereocenters. The van der Waals surface area contributed by atoms with Gasteiger partial charge in [-0.05, 0) is 12.1 Å². The van der Waals surface area contributed by atoms with Gasteiger partial charge >= 0.3 is 5.97 Å². The van der Waals surface area contributed by atoms with Gasteiger partial charge in [0, 0.05) is 12.5 Å². The molecule has 2 rings (SSSR count). The number of esters is 1. The van der Waals surface area contributed by atoms with E-state index in [4.69, 9.17) is 10.5 Å². The summed E-state index contributed by atoms with van der Waals surface area (Å²) in [6.45, 7) is 1.86. The molecule has 0 saturated carbocycles. The second-order valence-corrected chi connectivity index (χ2v) is 4.26. The summed E-state index contributed by atoms with van der Waals surface area (Å²) in [5.74, 6) is -0.371. The molecule has 7 heteroatoms. The van der Waals surface area contributed by atoms with E-state index in [1.165, 1.54) is 30.9 Å². The van der Waals surface area contributed by atoms with E-state index in [9.17, 15) is 9.18 Å². The molecular weight excluding hydrogens is 277 g/mol. The maximum Gasteiger partial charge on any atom is 0.360 e. The van der Waals surface area contributed by atoms with E-state index in [0.29, 0.717) is 17.9 Å². The van der Waals surface area contributed by atoms with E-state index < -0.39 is 11.8 Å². The molecule has 0 bridgehead atoms. The SMILES string of the molecule is CCc1nc(C(=O)OC)c(N)n1-c1ccc(OC)c(F)c1. The average Bonchev–Trinajstić information content (AvgIpc) is 2.83. The molecule has 0 saturated heterocycles. The van der Waals surface area contributed by atoms with Gasteiger partial charge in [-0.3, -0.25) is 4.57 Å². The fourth-order valence-corrected chi connectivity index (χ4v) is 2.05. The van der Waals surface area contributed by atoms with Gasteiger partial charge in [0.1, 0.15) is 11.6 Å². The highest BCUT2D eigenvalue weighted by molar-refractivity contribution is 5.92. The summed E-state index contributed by atoms with van der Waals surface area (Å²) in [4.78, 5) is 15.8. The Bertz CT molecular complexity index is 682. The number of aryl methyl sites for hydroxylation is 1. The molecule has 2 aromatic rings. The molecule has 0 aliphatic heterocycles. The Hall–Kier alpha value is -2.57. The van der Waals surface area contributed by atoms with Crippen LogP contribution in [0.2, 0.25) is 0 Å². The Balaban J connectivity index is 2.60. The van der Waals surface area contributed by atoms with Crippen molar-refractivity contribution >= 4 is 11.8 Å². The zero-order chi connectivity index (χ0) is 15.6. The number of methoxy groups -OCH3 is 2. The molecule has 1 aromatic heterocycles. The van der Waals surface area contributed by atoms with Crippen LogP contribution < -0.4 is 10.5 Å². The fourth-order valence-electron chi connectivity index (χ4n) is 2.05. The summed E-state index contributed by atoms with van der Waals surface area (Å²) in [6.07, 6.45) is 0.523. The lowest BCUT2D eigenvalue weighted by molar-refractivity contribution is 0.0595. The summed E-state index contributed by atoms with van der Waals surface area (Å²) in [5, 5.41) is 0. The minimum atomic E-state index is -0.630. The molecule has 0 amide bonds. The number of anilines is 1. The van der Waals surface area contributed by atoms with E-state index >= 15 is 0 Å². The van der Waals surface area contributed by atoms with Crippen LogP contribution in [-0.4, -0.2) is 29.7 Å². The fraction of sp³-hybridized carbons (Fsp3) is 0.286. The summed E-state index contributed by atoms with van der Waals surface area (Å²) in [5.41, 5.74) is 6.44. The predicted octanol–water partition coefficient (Wildman–Crippen LogP) is 1.95. The van der Waals surface area contributed by atoms with E-state index in [-0.39, 0.29) is 17.3 Å². The van der Waals surface area contributed by atoms with Crippen LogP contribution in [-0.2, 0) is 11.2 Å². The smallest absolute Gasteiger partial charge is 0.360 e. The first-order valence-corrected chi connectivity index (χ1v) is 6.32. The van der Waals surface area contributed by atoms with Crippen molar-refractivity contribution in [2.75, 3.05) is 20.0 Å². The van der Waals surface area contributed by atoms with Crippen molar-refractivity contribution in [2.24, 2.45) is 0 Å². The number of carbonyl (C=O) groups is 1. The highest BCUT2D eigenvalue weighted by atomic mass is 19.1. The molecule has 0 radical (unpaired) electrons. The van der Waals surface area contributed by atoms with Crippen molar-refractivity contribution in [2.45, 2.75) is 13.3 Å². The van der Waals surface area contributed by atoms with Crippen LogP contribution in [0.5, 0.6) is 5.75 Å². The number of hydrogen-bond donors (Lipinski definition) is 1. The van der Waals surface area contributed by atoms with Crippen LogP contribution in [0.3, 0.4) is 0 Å². The number of imidazole rings is 1. The van der Waals surface area contributed by atoms with Crippen molar-refractivity contribution in [1.82, 2.24) is 9.55 Å². The van der Waals surface area contributed by atoms with Gasteiger partial charge in [0.2, 0.25) is 0 Å². The molecule has 1 aromatic carbocycles. The molecule has 0 aliphatic carbocycles. The summed E-state index contributed by atoms with van der Waals surface area (Å²) < 4.78 is 24.9. The minimum Gasteiger partial charge on any atom is -0.494 e. The molecule has 112 valence electrons. The van der Waals surface area contributed by atoms with Crippen LogP contribution >= 0.6 is 0 Å². The topological polar surface area (TPSA) is 79.4 Å². The van der Waals surface area contributed by atoms with Crippen molar-refractivity contribution in [1.29, 1.82) is 0 Å². The summed E-state index contributed by atoms with van der Waals surface area (Å²) in [7, 11) is 2.63. The second-order valence-electron chi connectivity index (χ2n) is 4.26. The number of nitrogens with zero attached hydrogens (tertiary/aromatic N) is 2. The molecule has 0 unspecified atom stereocenters. The first kappa shape index (κ1) is 14.8. The third kappa shape index (κ3) is 2.54. The van der Waals surface area contributed by atoms with Gasteiger partial charge in [-0.15, -0.1) is 0 Å². The largest absolute Gasteiger partial charge is 0.494 e. The quantitative estimate of drug-likeness (QED) is 0.872. The van der Waals surface area contributed by atoms with E-state index in [0.717, 1.165) is 0 Å². The second kappa shape index (κ2) is 5.82.